The number of aryl methyl sites for hydroxylation is 2. The zero-order chi connectivity index (χ0) is 19.4. The summed E-state index contributed by atoms with van der Waals surface area (Å²) in [4.78, 5) is 37.2. The van der Waals surface area contributed by atoms with E-state index in [1.165, 1.54) is 0 Å². The maximum absolute atomic E-state index is 13.1. The van der Waals surface area contributed by atoms with Gasteiger partial charge in [-0.15, -0.1) is 0 Å². The van der Waals surface area contributed by atoms with E-state index in [1.807, 2.05) is 0 Å². The first kappa shape index (κ1) is 18.1. The Hall–Kier alpha value is -2.31. The molecule has 4 atom stereocenters. The van der Waals surface area contributed by atoms with E-state index < -0.39 is 5.41 Å². The molecule has 4 aliphatic rings. The third-order valence-corrected chi connectivity index (χ3v) is 6.56. The molecule has 1 aromatic rings. The zero-order valence-corrected chi connectivity index (χ0v) is 16.1. The molecule has 0 aliphatic heterocycles. The van der Waals surface area contributed by atoms with Gasteiger partial charge in [-0.2, -0.15) is 0 Å². The molecule has 1 heterocycles. The summed E-state index contributed by atoms with van der Waals surface area (Å²) in [7, 11) is 0. The minimum Gasteiger partial charge on any atom is -0.466 e. The summed E-state index contributed by atoms with van der Waals surface area (Å²) in [6, 6.07) is 1.66. The number of amides is 3. The highest BCUT2D eigenvalue weighted by Gasteiger charge is 2.61. The van der Waals surface area contributed by atoms with Crippen LogP contribution in [-0.2, 0) is 9.59 Å². The number of furan rings is 1. The van der Waals surface area contributed by atoms with Gasteiger partial charge in [0.15, 0.2) is 0 Å². The summed E-state index contributed by atoms with van der Waals surface area (Å²) in [6.45, 7) is 5.04. The van der Waals surface area contributed by atoms with E-state index in [2.05, 4.69) is 16.2 Å². The van der Waals surface area contributed by atoms with Crippen molar-refractivity contribution in [2.24, 2.45) is 17.3 Å². The van der Waals surface area contributed by atoms with Crippen molar-refractivity contribution in [2.75, 3.05) is 0 Å². The summed E-state index contributed by atoms with van der Waals surface area (Å²) >= 11 is 0. The van der Waals surface area contributed by atoms with E-state index in [4.69, 9.17) is 4.42 Å². The standard InChI is InChI=1S/C20H27N3O4/c1-11-4-16(12(2)27-11)17(25)22-23-18(26)19-6-14-5-15(7-19)9-20(8-14,10-19)21-13(3)24/h4,14-15H,5-10H2,1-3H3,(H,21,24)(H,22,25)(H,23,26)/t14-,15+,19?,20?. The van der Waals surface area contributed by atoms with E-state index >= 15 is 0 Å². The molecule has 4 aliphatic carbocycles. The van der Waals surface area contributed by atoms with E-state index in [0.717, 1.165) is 32.1 Å². The Kier molecular flexibility index (Phi) is 4.09. The van der Waals surface area contributed by atoms with Crippen molar-refractivity contribution >= 4 is 17.7 Å². The Morgan fingerprint density at radius 3 is 2.30 bits per heavy atom. The summed E-state index contributed by atoms with van der Waals surface area (Å²) in [5.74, 6) is 1.54. The second-order valence-electron chi connectivity index (χ2n) is 8.94. The molecule has 3 amide bonds. The highest BCUT2D eigenvalue weighted by molar-refractivity contribution is 5.97. The Morgan fingerprint density at radius 2 is 1.74 bits per heavy atom. The predicted octanol–water partition coefficient (Wildman–Crippen LogP) is 2.13. The van der Waals surface area contributed by atoms with E-state index in [9.17, 15) is 14.4 Å². The molecule has 0 spiro atoms. The molecule has 0 radical (unpaired) electrons. The van der Waals surface area contributed by atoms with Crippen molar-refractivity contribution in [1.29, 1.82) is 0 Å². The molecule has 146 valence electrons. The summed E-state index contributed by atoms with van der Waals surface area (Å²) in [6.07, 6.45) is 5.36. The lowest BCUT2D eigenvalue weighted by atomic mass is 9.46. The molecule has 7 heteroatoms. The number of hydrogen-bond donors (Lipinski definition) is 3. The highest BCUT2D eigenvalue weighted by atomic mass is 16.3. The first-order chi connectivity index (χ1) is 12.7. The van der Waals surface area contributed by atoms with Crippen molar-refractivity contribution in [3.05, 3.63) is 23.2 Å². The average Bonchev–Trinajstić information content (AvgIpc) is 2.88. The van der Waals surface area contributed by atoms with Crippen LogP contribution in [0.2, 0.25) is 0 Å². The molecular weight excluding hydrogens is 346 g/mol. The normalized spacial score (nSPS) is 33.6. The first-order valence-corrected chi connectivity index (χ1v) is 9.67. The van der Waals surface area contributed by atoms with Crippen molar-refractivity contribution in [3.63, 3.8) is 0 Å². The second-order valence-corrected chi connectivity index (χ2v) is 8.94. The van der Waals surface area contributed by atoms with Crippen molar-refractivity contribution in [3.8, 4) is 0 Å². The average molecular weight is 373 g/mol. The van der Waals surface area contributed by atoms with Gasteiger partial charge >= 0.3 is 0 Å². The van der Waals surface area contributed by atoms with E-state index in [-0.39, 0.29) is 23.3 Å². The number of hydrogen-bond acceptors (Lipinski definition) is 4. The number of carbonyl (C=O) groups is 3. The molecule has 5 rings (SSSR count). The van der Waals surface area contributed by atoms with Crippen LogP contribution < -0.4 is 16.2 Å². The number of rotatable bonds is 3. The summed E-state index contributed by atoms with van der Waals surface area (Å²) in [5.41, 5.74) is 4.84. The van der Waals surface area contributed by atoms with Crippen LogP contribution >= 0.6 is 0 Å². The third-order valence-electron chi connectivity index (χ3n) is 6.56. The van der Waals surface area contributed by atoms with Gasteiger partial charge in [-0.05, 0) is 70.3 Å². The summed E-state index contributed by atoms with van der Waals surface area (Å²) in [5, 5.41) is 3.15. The van der Waals surface area contributed by atoms with Crippen LogP contribution in [0.15, 0.2) is 10.5 Å². The largest absolute Gasteiger partial charge is 0.466 e. The van der Waals surface area contributed by atoms with Crippen LogP contribution in [-0.4, -0.2) is 23.3 Å². The third kappa shape index (κ3) is 3.13. The Morgan fingerprint density at radius 1 is 1.07 bits per heavy atom. The Labute approximate surface area is 158 Å². The molecule has 27 heavy (non-hydrogen) atoms. The molecule has 1 aromatic heterocycles. The van der Waals surface area contributed by atoms with Crippen LogP contribution in [0.3, 0.4) is 0 Å². The van der Waals surface area contributed by atoms with Gasteiger partial charge in [0.25, 0.3) is 5.91 Å². The van der Waals surface area contributed by atoms with Gasteiger partial charge in [-0.1, -0.05) is 0 Å². The lowest BCUT2D eigenvalue weighted by Crippen LogP contribution is -2.66. The maximum Gasteiger partial charge on any atom is 0.273 e. The van der Waals surface area contributed by atoms with Gasteiger partial charge in [0.1, 0.15) is 11.5 Å². The van der Waals surface area contributed by atoms with Gasteiger partial charge in [0.05, 0.1) is 11.0 Å². The first-order valence-electron chi connectivity index (χ1n) is 9.67. The molecule has 7 nitrogen and oxygen atoms in total. The van der Waals surface area contributed by atoms with Crippen LogP contribution in [0.1, 0.15) is 67.3 Å². The molecule has 4 bridgehead atoms. The van der Waals surface area contributed by atoms with Gasteiger partial charge < -0.3 is 9.73 Å². The van der Waals surface area contributed by atoms with E-state index in [0.29, 0.717) is 35.3 Å². The van der Waals surface area contributed by atoms with E-state index in [1.54, 1.807) is 26.8 Å². The Balaban J connectivity index is 1.47. The van der Waals surface area contributed by atoms with Gasteiger partial charge in [0, 0.05) is 12.5 Å². The van der Waals surface area contributed by atoms with Gasteiger partial charge in [-0.3, -0.25) is 25.2 Å². The lowest BCUT2D eigenvalue weighted by Gasteiger charge is -2.61. The monoisotopic (exact) mass is 373 g/mol. The topological polar surface area (TPSA) is 100 Å². The van der Waals surface area contributed by atoms with Crippen LogP contribution in [0.25, 0.3) is 0 Å². The quantitative estimate of drug-likeness (QED) is 0.707. The second kappa shape index (κ2) is 6.11. The fourth-order valence-electron chi connectivity index (χ4n) is 6.22. The highest BCUT2D eigenvalue weighted by Crippen LogP contribution is 2.61. The van der Waals surface area contributed by atoms with Crippen molar-refractivity contribution in [2.45, 2.75) is 64.8 Å². The molecule has 0 aromatic carbocycles. The van der Waals surface area contributed by atoms with Gasteiger partial charge in [0.2, 0.25) is 11.8 Å². The SMILES string of the molecule is CC(=O)NC12C[C@H]3C[C@@H](C1)CC(C(=O)NNC(=O)c1cc(C)oc1C)(C3)C2. The van der Waals surface area contributed by atoms with Crippen molar-refractivity contribution < 1.29 is 18.8 Å². The van der Waals surface area contributed by atoms with Crippen LogP contribution in [0.5, 0.6) is 0 Å². The minimum atomic E-state index is -0.513. The maximum atomic E-state index is 13.1. The zero-order valence-electron chi connectivity index (χ0n) is 16.1. The number of nitrogens with one attached hydrogen (secondary N) is 3. The predicted molar refractivity (Wildman–Crippen MR) is 97.5 cm³/mol. The molecule has 4 saturated carbocycles. The molecule has 3 N–H and O–H groups in total. The number of carbonyl (C=O) groups excluding carboxylic acids is 3. The molecule has 2 unspecified atom stereocenters. The molecule has 0 saturated heterocycles. The van der Waals surface area contributed by atoms with Gasteiger partial charge in [-0.25, -0.2) is 0 Å². The number of hydrazine groups is 1. The van der Waals surface area contributed by atoms with Crippen molar-refractivity contribution in [1.82, 2.24) is 16.2 Å². The van der Waals surface area contributed by atoms with Crippen LogP contribution in [0.4, 0.5) is 0 Å². The molecular formula is C20H27N3O4. The van der Waals surface area contributed by atoms with Crippen LogP contribution in [0, 0.1) is 31.1 Å². The smallest absolute Gasteiger partial charge is 0.273 e. The lowest BCUT2D eigenvalue weighted by molar-refractivity contribution is -0.153. The Bertz CT molecular complexity index is 798. The fourth-order valence-corrected chi connectivity index (χ4v) is 6.22. The minimum absolute atomic E-state index is 0.0355. The molecule has 4 fully saturated rings. The fraction of sp³-hybridized carbons (Fsp3) is 0.650. The summed E-state index contributed by atoms with van der Waals surface area (Å²) < 4.78 is 5.38.